The first-order chi connectivity index (χ1) is 16.0. The van der Waals surface area contributed by atoms with Gasteiger partial charge in [-0.05, 0) is 38.1 Å². The van der Waals surface area contributed by atoms with E-state index in [1.165, 1.54) is 0 Å². The molecule has 0 radical (unpaired) electrons. The number of carbonyl (C=O) groups excluding carboxylic acids is 1. The molecule has 168 valence electrons. The van der Waals surface area contributed by atoms with Crippen molar-refractivity contribution in [2.45, 2.75) is 39.3 Å². The van der Waals surface area contributed by atoms with Crippen molar-refractivity contribution >= 4 is 27.8 Å². The van der Waals surface area contributed by atoms with E-state index in [0.717, 1.165) is 22.3 Å². The first-order valence-corrected chi connectivity index (χ1v) is 11.4. The van der Waals surface area contributed by atoms with Gasteiger partial charge in [-0.3, -0.25) is 14.6 Å². The van der Waals surface area contributed by atoms with Crippen LogP contribution in [0.4, 0.5) is 0 Å². The van der Waals surface area contributed by atoms with Crippen molar-refractivity contribution in [3.05, 3.63) is 76.3 Å². The molecular weight excluding hydrogens is 416 g/mol. The predicted molar refractivity (Wildman–Crippen MR) is 128 cm³/mol. The van der Waals surface area contributed by atoms with Gasteiger partial charge in [0, 0.05) is 55.9 Å². The van der Waals surface area contributed by atoms with Crippen molar-refractivity contribution < 1.29 is 9.53 Å². The number of rotatable bonds is 4. The number of amides is 1. The predicted octanol–water partition coefficient (Wildman–Crippen LogP) is 3.96. The SMILES string of the molecule is CCn1cc(C(=O)N2CCC(Oc3cccc4cccnc34)CC2)c(=O)c2ccc(C)nc21. The van der Waals surface area contributed by atoms with Crippen molar-refractivity contribution in [2.24, 2.45) is 0 Å². The molecule has 1 aliphatic heterocycles. The topological polar surface area (TPSA) is 77.3 Å². The summed E-state index contributed by atoms with van der Waals surface area (Å²) in [5, 5.41) is 1.52. The molecule has 4 aromatic rings. The van der Waals surface area contributed by atoms with E-state index in [4.69, 9.17) is 4.74 Å². The van der Waals surface area contributed by atoms with E-state index in [1.54, 1.807) is 23.4 Å². The number of ether oxygens (including phenoxy) is 1. The molecule has 1 amide bonds. The zero-order valence-electron chi connectivity index (χ0n) is 18.8. The van der Waals surface area contributed by atoms with Gasteiger partial charge in [-0.15, -0.1) is 0 Å². The molecule has 0 bridgehead atoms. The number of likely N-dealkylation sites (tertiary alicyclic amines) is 1. The maximum absolute atomic E-state index is 13.3. The molecule has 33 heavy (non-hydrogen) atoms. The number of aromatic nitrogens is 3. The second-order valence-corrected chi connectivity index (χ2v) is 8.42. The van der Waals surface area contributed by atoms with Crippen LogP contribution in [0.5, 0.6) is 5.75 Å². The number of fused-ring (bicyclic) bond motifs is 2. The van der Waals surface area contributed by atoms with E-state index in [-0.39, 0.29) is 23.0 Å². The molecule has 0 N–H and O–H groups in total. The number of benzene rings is 1. The molecule has 5 rings (SSSR count). The van der Waals surface area contributed by atoms with E-state index in [0.29, 0.717) is 43.5 Å². The molecule has 7 heteroatoms. The highest BCUT2D eigenvalue weighted by molar-refractivity contribution is 5.97. The molecule has 4 heterocycles. The molecule has 1 saturated heterocycles. The third-order valence-electron chi connectivity index (χ3n) is 6.25. The van der Waals surface area contributed by atoms with E-state index >= 15 is 0 Å². The van der Waals surface area contributed by atoms with Crippen molar-refractivity contribution in [2.75, 3.05) is 13.1 Å². The fourth-order valence-electron chi connectivity index (χ4n) is 4.45. The normalized spacial score (nSPS) is 14.7. The van der Waals surface area contributed by atoms with Crippen LogP contribution in [0, 0.1) is 6.92 Å². The van der Waals surface area contributed by atoms with Crippen molar-refractivity contribution in [3.8, 4) is 5.75 Å². The monoisotopic (exact) mass is 442 g/mol. The third kappa shape index (κ3) is 3.95. The molecule has 0 unspecified atom stereocenters. The Bertz CT molecular complexity index is 1400. The second-order valence-electron chi connectivity index (χ2n) is 8.42. The Kier molecular flexibility index (Phi) is 5.54. The summed E-state index contributed by atoms with van der Waals surface area (Å²) < 4.78 is 8.13. The summed E-state index contributed by atoms with van der Waals surface area (Å²) in [7, 11) is 0. The van der Waals surface area contributed by atoms with Gasteiger partial charge in [0.2, 0.25) is 5.43 Å². The Morgan fingerprint density at radius 1 is 1.12 bits per heavy atom. The molecule has 0 atom stereocenters. The Hall–Kier alpha value is -3.74. The van der Waals surface area contributed by atoms with Crippen LogP contribution >= 0.6 is 0 Å². The van der Waals surface area contributed by atoms with Crippen LogP contribution in [-0.4, -0.2) is 44.5 Å². The fourth-order valence-corrected chi connectivity index (χ4v) is 4.45. The minimum atomic E-state index is -0.257. The largest absolute Gasteiger partial charge is 0.488 e. The summed E-state index contributed by atoms with van der Waals surface area (Å²) in [5.41, 5.74) is 2.25. The lowest BCUT2D eigenvalue weighted by Crippen LogP contribution is -2.43. The van der Waals surface area contributed by atoms with Crippen molar-refractivity contribution in [1.29, 1.82) is 0 Å². The summed E-state index contributed by atoms with van der Waals surface area (Å²) in [5.74, 6) is 0.538. The first-order valence-electron chi connectivity index (χ1n) is 11.4. The Morgan fingerprint density at radius 3 is 2.70 bits per heavy atom. The molecule has 3 aromatic heterocycles. The minimum absolute atomic E-state index is 0.00210. The smallest absolute Gasteiger partial charge is 0.259 e. The van der Waals surface area contributed by atoms with Gasteiger partial charge in [-0.2, -0.15) is 0 Å². The number of nitrogens with zero attached hydrogens (tertiary/aromatic N) is 4. The minimum Gasteiger partial charge on any atom is -0.488 e. The molecule has 0 spiro atoms. The van der Waals surface area contributed by atoms with Crippen LogP contribution in [0.1, 0.15) is 35.8 Å². The lowest BCUT2D eigenvalue weighted by atomic mass is 10.1. The zero-order valence-corrected chi connectivity index (χ0v) is 18.8. The number of hydrogen-bond donors (Lipinski definition) is 0. The Labute approximate surface area is 191 Å². The van der Waals surface area contributed by atoms with E-state index in [9.17, 15) is 9.59 Å². The second kappa shape index (κ2) is 8.65. The van der Waals surface area contributed by atoms with Crippen molar-refractivity contribution in [1.82, 2.24) is 19.4 Å². The summed E-state index contributed by atoms with van der Waals surface area (Å²) in [6, 6.07) is 13.4. The van der Waals surface area contributed by atoms with Gasteiger partial charge < -0.3 is 14.2 Å². The van der Waals surface area contributed by atoms with Crippen molar-refractivity contribution in [3.63, 3.8) is 0 Å². The molecule has 1 aliphatic rings. The molecule has 1 aromatic carbocycles. The lowest BCUT2D eigenvalue weighted by Gasteiger charge is -2.32. The Balaban J connectivity index is 1.34. The first kappa shape index (κ1) is 21.1. The number of hydrogen-bond acceptors (Lipinski definition) is 5. The van der Waals surface area contributed by atoms with Gasteiger partial charge in [0.25, 0.3) is 5.91 Å². The number of carbonyl (C=O) groups is 1. The van der Waals surface area contributed by atoms with Crippen LogP contribution in [-0.2, 0) is 6.54 Å². The summed E-state index contributed by atoms with van der Waals surface area (Å²) in [4.78, 5) is 37.1. The lowest BCUT2D eigenvalue weighted by molar-refractivity contribution is 0.0596. The van der Waals surface area contributed by atoms with Gasteiger partial charge >= 0.3 is 0 Å². The highest BCUT2D eigenvalue weighted by Gasteiger charge is 2.27. The van der Waals surface area contributed by atoms with Crippen LogP contribution in [0.2, 0.25) is 0 Å². The average Bonchev–Trinajstić information content (AvgIpc) is 2.84. The van der Waals surface area contributed by atoms with E-state index in [2.05, 4.69) is 9.97 Å². The maximum Gasteiger partial charge on any atom is 0.259 e. The van der Waals surface area contributed by atoms with E-state index in [1.807, 2.05) is 54.8 Å². The number of piperidine rings is 1. The standard InChI is InChI=1S/C26H26N4O3/c1-3-29-16-21(24(31)20-10-9-17(2)28-25(20)29)26(32)30-14-11-19(12-15-30)33-22-8-4-6-18-7-5-13-27-23(18)22/h4-10,13,16,19H,3,11-12,14-15H2,1-2H3. The molecule has 1 fully saturated rings. The van der Waals surface area contributed by atoms with Gasteiger partial charge in [0.15, 0.2) is 0 Å². The zero-order chi connectivity index (χ0) is 22.9. The molecule has 0 saturated carbocycles. The number of para-hydroxylation sites is 1. The quantitative estimate of drug-likeness (QED) is 0.478. The Morgan fingerprint density at radius 2 is 1.91 bits per heavy atom. The average molecular weight is 443 g/mol. The third-order valence-corrected chi connectivity index (χ3v) is 6.25. The molecule has 7 nitrogen and oxygen atoms in total. The van der Waals surface area contributed by atoms with E-state index < -0.39 is 0 Å². The maximum atomic E-state index is 13.3. The highest BCUT2D eigenvalue weighted by Crippen LogP contribution is 2.26. The number of aryl methyl sites for hydroxylation is 2. The molecule has 0 aliphatic carbocycles. The van der Waals surface area contributed by atoms with Gasteiger partial charge in [-0.1, -0.05) is 18.2 Å². The van der Waals surface area contributed by atoms with Crippen LogP contribution in [0.15, 0.2) is 59.7 Å². The summed E-state index contributed by atoms with van der Waals surface area (Å²) >= 11 is 0. The summed E-state index contributed by atoms with van der Waals surface area (Å²) in [6.07, 6.45) is 4.82. The van der Waals surface area contributed by atoms with Crippen LogP contribution < -0.4 is 10.2 Å². The van der Waals surface area contributed by atoms with Crippen LogP contribution in [0.3, 0.4) is 0 Å². The number of pyridine rings is 3. The van der Waals surface area contributed by atoms with Gasteiger partial charge in [0.1, 0.15) is 28.6 Å². The van der Waals surface area contributed by atoms with Crippen LogP contribution in [0.25, 0.3) is 21.9 Å². The van der Waals surface area contributed by atoms with Gasteiger partial charge in [-0.25, -0.2) is 4.98 Å². The fraction of sp³-hybridized carbons (Fsp3) is 0.308. The summed E-state index contributed by atoms with van der Waals surface area (Å²) in [6.45, 7) is 5.58. The highest BCUT2D eigenvalue weighted by atomic mass is 16.5. The molecular formula is C26H26N4O3. The van der Waals surface area contributed by atoms with Gasteiger partial charge in [0.05, 0.1) is 5.39 Å².